The summed E-state index contributed by atoms with van der Waals surface area (Å²) in [5.41, 5.74) is 0.556. The Kier molecular flexibility index (Phi) is 4.06. The summed E-state index contributed by atoms with van der Waals surface area (Å²) in [5.74, 6) is 0.337. The topological polar surface area (TPSA) is 27.1 Å². The minimum atomic E-state index is -0.429. The fourth-order valence-electron chi connectivity index (χ4n) is 2.03. The molecule has 0 amide bonds. The zero-order valence-electron chi connectivity index (χ0n) is 11.3. The van der Waals surface area contributed by atoms with Crippen molar-refractivity contribution in [1.29, 1.82) is 0 Å². The molecule has 0 unspecified atom stereocenters. The van der Waals surface area contributed by atoms with Gasteiger partial charge in [-0.05, 0) is 42.5 Å². The highest BCUT2D eigenvalue weighted by Crippen LogP contribution is 2.20. The molecule has 0 saturated heterocycles. The Morgan fingerprint density at radius 2 is 1.82 bits per heavy atom. The van der Waals surface area contributed by atoms with Crippen LogP contribution in [0.1, 0.15) is 5.82 Å². The first kappa shape index (κ1) is 14.5. The van der Waals surface area contributed by atoms with E-state index in [1.165, 1.54) is 36.4 Å². The van der Waals surface area contributed by atoms with Crippen molar-refractivity contribution in [1.82, 2.24) is 9.55 Å². The Hall–Kier alpha value is -2.40. The number of imidazole rings is 1. The van der Waals surface area contributed by atoms with E-state index in [1.54, 1.807) is 23.0 Å². The monoisotopic (exact) mass is 320 g/mol. The van der Waals surface area contributed by atoms with Crippen molar-refractivity contribution in [2.24, 2.45) is 0 Å². The molecule has 0 aliphatic rings. The number of ether oxygens (including phenoxy) is 1. The summed E-state index contributed by atoms with van der Waals surface area (Å²) in [7, 11) is 0. The van der Waals surface area contributed by atoms with Crippen molar-refractivity contribution in [2.75, 3.05) is 0 Å². The van der Waals surface area contributed by atoms with Gasteiger partial charge in [-0.15, -0.1) is 0 Å². The predicted octanol–water partition coefficient (Wildman–Crippen LogP) is 4.38. The van der Waals surface area contributed by atoms with E-state index in [2.05, 4.69) is 4.98 Å². The van der Waals surface area contributed by atoms with Crippen LogP contribution in [0.5, 0.6) is 5.75 Å². The molecule has 0 aliphatic carbocycles. The largest absolute Gasteiger partial charge is 0.486 e. The van der Waals surface area contributed by atoms with Gasteiger partial charge < -0.3 is 9.30 Å². The van der Waals surface area contributed by atoms with Crippen molar-refractivity contribution in [3.8, 4) is 11.4 Å². The van der Waals surface area contributed by atoms with Crippen LogP contribution < -0.4 is 4.74 Å². The second-order valence-corrected chi connectivity index (χ2v) is 5.02. The normalized spacial score (nSPS) is 10.7. The maximum absolute atomic E-state index is 13.5. The summed E-state index contributed by atoms with van der Waals surface area (Å²) in [5, 5.41) is 0.300. The molecule has 0 N–H and O–H groups in total. The van der Waals surface area contributed by atoms with Crippen LogP contribution in [0.3, 0.4) is 0 Å². The minimum absolute atomic E-state index is 0.159. The zero-order chi connectivity index (χ0) is 15.5. The molecular weight excluding hydrogens is 310 g/mol. The number of halogens is 3. The lowest BCUT2D eigenvalue weighted by molar-refractivity contribution is 0.293. The molecule has 2 aromatic carbocycles. The summed E-state index contributed by atoms with van der Waals surface area (Å²) in [4.78, 5) is 4.18. The second-order valence-electron chi connectivity index (χ2n) is 4.58. The second kappa shape index (κ2) is 6.15. The molecule has 3 nitrogen and oxygen atoms in total. The number of benzene rings is 2. The fraction of sp³-hybridized carbons (Fsp3) is 0.0625. The van der Waals surface area contributed by atoms with Gasteiger partial charge in [0.15, 0.2) is 5.82 Å². The number of nitrogens with zero attached hydrogens (tertiary/aromatic N) is 2. The Morgan fingerprint density at radius 1 is 1.05 bits per heavy atom. The molecule has 0 spiro atoms. The van der Waals surface area contributed by atoms with Crippen molar-refractivity contribution < 1.29 is 13.5 Å². The molecule has 1 heterocycles. The van der Waals surface area contributed by atoms with Crippen molar-refractivity contribution in [3.63, 3.8) is 0 Å². The molecule has 1 aromatic heterocycles. The van der Waals surface area contributed by atoms with E-state index in [9.17, 15) is 8.78 Å². The van der Waals surface area contributed by atoms with E-state index in [-0.39, 0.29) is 12.4 Å². The van der Waals surface area contributed by atoms with Gasteiger partial charge in [-0.2, -0.15) is 0 Å². The Morgan fingerprint density at radius 3 is 2.55 bits per heavy atom. The number of hydrogen-bond donors (Lipinski definition) is 0. The number of rotatable bonds is 4. The molecule has 0 bridgehead atoms. The molecule has 22 heavy (non-hydrogen) atoms. The van der Waals surface area contributed by atoms with E-state index >= 15 is 0 Å². The number of hydrogen-bond acceptors (Lipinski definition) is 2. The minimum Gasteiger partial charge on any atom is -0.486 e. The van der Waals surface area contributed by atoms with Gasteiger partial charge in [-0.1, -0.05) is 11.6 Å². The zero-order valence-corrected chi connectivity index (χ0v) is 12.1. The molecule has 0 aliphatic heterocycles. The molecular formula is C16H11ClF2N2O. The van der Waals surface area contributed by atoms with E-state index in [1.807, 2.05) is 0 Å². The quantitative estimate of drug-likeness (QED) is 0.713. The Bertz CT molecular complexity index is 767. The van der Waals surface area contributed by atoms with Crippen LogP contribution in [0.15, 0.2) is 54.9 Å². The van der Waals surface area contributed by atoms with Gasteiger partial charge in [0.25, 0.3) is 0 Å². The molecule has 6 heteroatoms. The Balaban J connectivity index is 1.81. The molecule has 0 atom stereocenters. The highest BCUT2D eigenvalue weighted by molar-refractivity contribution is 6.30. The van der Waals surface area contributed by atoms with Crippen molar-refractivity contribution in [3.05, 3.63) is 77.3 Å². The van der Waals surface area contributed by atoms with Gasteiger partial charge in [-0.3, -0.25) is 0 Å². The third-order valence-electron chi connectivity index (χ3n) is 3.02. The third-order valence-corrected chi connectivity index (χ3v) is 3.24. The number of aromatic nitrogens is 2. The van der Waals surface area contributed by atoms with Crippen LogP contribution in [-0.4, -0.2) is 9.55 Å². The van der Waals surface area contributed by atoms with Crippen molar-refractivity contribution >= 4 is 11.6 Å². The maximum Gasteiger partial charge on any atom is 0.151 e. The first-order valence-corrected chi connectivity index (χ1v) is 6.87. The predicted molar refractivity (Wildman–Crippen MR) is 79.3 cm³/mol. The van der Waals surface area contributed by atoms with E-state index < -0.39 is 5.82 Å². The molecule has 0 radical (unpaired) electrons. The van der Waals surface area contributed by atoms with Crippen molar-refractivity contribution in [2.45, 2.75) is 6.61 Å². The lowest BCUT2D eigenvalue weighted by atomic mass is 10.3. The summed E-state index contributed by atoms with van der Waals surface area (Å²) in [6.45, 7) is 0.159. The fourth-order valence-corrected chi connectivity index (χ4v) is 2.25. The summed E-state index contributed by atoms with van der Waals surface area (Å²) >= 11 is 5.87. The maximum atomic E-state index is 13.5. The first-order chi connectivity index (χ1) is 10.6. The SMILES string of the molecule is Fc1ccc(OCc2nccn2-c2cc(F)cc(Cl)c2)cc1. The highest BCUT2D eigenvalue weighted by atomic mass is 35.5. The standard InChI is InChI=1S/C16H11ClF2N2O/c17-11-7-13(19)9-14(8-11)21-6-5-20-16(21)10-22-15-3-1-12(18)2-4-15/h1-9H,10H2. The van der Waals surface area contributed by atoms with Gasteiger partial charge in [-0.25, -0.2) is 13.8 Å². The van der Waals surface area contributed by atoms with Gasteiger partial charge in [0.1, 0.15) is 24.0 Å². The van der Waals surface area contributed by atoms with Crippen LogP contribution in [0.4, 0.5) is 8.78 Å². The first-order valence-electron chi connectivity index (χ1n) is 6.49. The summed E-state index contributed by atoms with van der Waals surface area (Å²) in [6.07, 6.45) is 3.27. The summed E-state index contributed by atoms with van der Waals surface area (Å²) in [6, 6.07) is 9.91. The molecule has 3 aromatic rings. The molecule has 0 saturated carbocycles. The molecule has 3 rings (SSSR count). The molecule has 0 fully saturated rings. The van der Waals surface area contributed by atoms with Gasteiger partial charge in [0, 0.05) is 17.4 Å². The average Bonchev–Trinajstić information content (AvgIpc) is 2.94. The lowest BCUT2D eigenvalue weighted by Crippen LogP contribution is -2.05. The van der Waals surface area contributed by atoms with E-state index in [4.69, 9.17) is 16.3 Å². The van der Waals surface area contributed by atoms with E-state index in [0.717, 1.165) is 0 Å². The smallest absolute Gasteiger partial charge is 0.151 e. The molecule has 112 valence electrons. The van der Waals surface area contributed by atoms with Gasteiger partial charge in [0.2, 0.25) is 0 Å². The Labute approximate surface area is 130 Å². The van der Waals surface area contributed by atoms with Crippen LogP contribution >= 0.6 is 11.6 Å². The van der Waals surface area contributed by atoms with E-state index in [0.29, 0.717) is 22.3 Å². The highest BCUT2D eigenvalue weighted by Gasteiger charge is 2.08. The lowest BCUT2D eigenvalue weighted by Gasteiger charge is -2.10. The summed E-state index contributed by atoms with van der Waals surface area (Å²) < 4.78 is 33.5. The van der Waals surface area contributed by atoms with Crippen LogP contribution in [-0.2, 0) is 6.61 Å². The van der Waals surface area contributed by atoms with Crippen LogP contribution in [0.2, 0.25) is 5.02 Å². The average molecular weight is 321 g/mol. The van der Waals surface area contributed by atoms with Gasteiger partial charge in [0.05, 0.1) is 5.69 Å². The third kappa shape index (κ3) is 3.26. The van der Waals surface area contributed by atoms with Gasteiger partial charge >= 0.3 is 0 Å². The van der Waals surface area contributed by atoms with Crippen LogP contribution in [0, 0.1) is 11.6 Å². The van der Waals surface area contributed by atoms with Crippen LogP contribution in [0.25, 0.3) is 5.69 Å².